The minimum absolute atomic E-state index is 0.154. The SMILES string of the molecule is NCC1(c2cc([N+](=O)[O-])ccc2O)CC1(F)F. The Balaban J connectivity index is 2.52. The summed E-state index contributed by atoms with van der Waals surface area (Å²) in [5.74, 6) is -3.41. The minimum atomic E-state index is -3.02. The molecule has 0 radical (unpaired) electrons. The van der Waals surface area contributed by atoms with Gasteiger partial charge >= 0.3 is 0 Å². The molecule has 1 aromatic carbocycles. The Morgan fingerprint density at radius 2 is 2.12 bits per heavy atom. The van der Waals surface area contributed by atoms with E-state index in [9.17, 15) is 24.0 Å². The van der Waals surface area contributed by atoms with Crippen molar-refractivity contribution in [2.75, 3.05) is 6.54 Å². The predicted octanol–water partition coefficient (Wildman–Crippen LogP) is 1.54. The third-order valence-electron chi connectivity index (χ3n) is 3.15. The minimum Gasteiger partial charge on any atom is -0.508 e. The number of benzene rings is 1. The molecule has 0 aliphatic heterocycles. The summed E-state index contributed by atoms with van der Waals surface area (Å²) in [5, 5.41) is 20.1. The molecule has 5 nitrogen and oxygen atoms in total. The maximum atomic E-state index is 13.3. The first-order chi connectivity index (χ1) is 7.84. The van der Waals surface area contributed by atoms with E-state index >= 15 is 0 Å². The van der Waals surface area contributed by atoms with E-state index in [0.29, 0.717) is 0 Å². The summed E-state index contributed by atoms with van der Waals surface area (Å²) in [5.41, 5.74) is 3.15. The molecule has 2 rings (SSSR count). The zero-order valence-electron chi connectivity index (χ0n) is 8.69. The van der Waals surface area contributed by atoms with Crippen LogP contribution in [-0.4, -0.2) is 22.5 Å². The zero-order chi connectivity index (χ0) is 12.8. The largest absolute Gasteiger partial charge is 0.508 e. The van der Waals surface area contributed by atoms with E-state index in [1.807, 2.05) is 0 Å². The van der Waals surface area contributed by atoms with E-state index in [1.54, 1.807) is 0 Å². The van der Waals surface area contributed by atoms with Gasteiger partial charge in [0.15, 0.2) is 0 Å². The number of hydrogen-bond donors (Lipinski definition) is 2. The van der Waals surface area contributed by atoms with Crippen LogP contribution in [0.2, 0.25) is 0 Å². The van der Waals surface area contributed by atoms with E-state index in [2.05, 4.69) is 0 Å². The van der Waals surface area contributed by atoms with E-state index < -0.39 is 28.4 Å². The van der Waals surface area contributed by atoms with E-state index in [-0.39, 0.29) is 17.8 Å². The van der Waals surface area contributed by atoms with Crippen molar-refractivity contribution < 1.29 is 18.8 Å². The van der Waals surface area contributed by atoms with Gasteiger partial charge in [0.2, 0.25) is 0 Å². The van der Waals surface area contributed by atoms with Crippen LogP contribution < -0.4 is 5.73 Å². The first kappa shape index (κ1) is 11.7. The second-order valence-corrected chi connectivity index (χ2v) is 4.13. The molecule has 3 N–H and O–H groups in total. The third kappa shape index (κ3) is 1.54. The topological polar surface area (TPSA) is 89.4 Å². The second-order valence-electron chi connectivity index (χ2n) is 4.13. The van der Waals surface area contributed by atoms with Crippen molar-refractivity contribution in [2.45, 2.75) is 17.8 Å². The number of alkyl halides is 2. The number of phenols is 1. The molecule has 1 aliphatic carbocycles. The van der Waals surface area contributed by atoms with Crippen LogP contribution in [0.25, 0.3) is 0 Å². The van der Waals surface area contributed by atoms with Crippen molar-refractivity contribution in [1.82, 2.24) is 0 Å². The highest BCUT2D eigenvalue weighted by molar-refractivity contribution is 5.52. The third-order valence-corrected chi connectivity index (χ3v) is 3.15. The number of halogens is 2. The highest BCUT2D eigenvalue weighted by Crippen LogP contribution is 2.62. The highest BCUT2D eigenvalue weighted by Gasteiger charge is 2.72. The molecule has 1 fully saturated rings. The van der Waals surface area contributed by atoms with Crippen molar-refractivity contribution in [3.8, 4) is 5.75 Å². The maximum absolute atomic E-state index is 13.3. The summed E-state index contributed by atoms with van der Waals surface area (Å²) in [4.78, 5) is 9.87. The molecule has 1 unspecified atom stereocenters. The molecule has 1 aromatic rings. The van der Waals surface area contributed by atoms with Crippen molar-refractivity contribution >= 4 is 5.69 Å². The smallest absolute Gasteiger partial charge is 0.269 e. The average Bonchev–Trinajstić information content (AvgIpc) is 2.82. The van der Waals surface area contributed by atoms with Crippen molar-refractivity contribution in [2.24, 2.45) is 5.73 Å². The van der Waals surface area contributed by atoms with Gasteiger partial charge in [0, 0.05) is 30.7 Å². The standard InChI is InChI=1S/C10H10F2N2O3/c11-10(12)4-9(10,5-13)7-3-6(14(16)17)1-2-8(7)15/h1-3,15H,4-5,13H2. The van der Waals surface area contributed by atoms with Gasteiger partial charge < -0.3 is 10.8 Å². The number of nitrogens with zero attached hydrogens (tertiary/aromatic N) is 1. The Labute approximate surface area is 95.0 Å². The summed E-state index contributed by atoms with van der Waals surface area (Å²) in [6.07, 6.45) is -0.495. The van der Waals surface area contributed by atoms with Crippen LogP contribution in [0.15, 0.2) is 18.2 Å². The lowest BCUT2D eigenvalue weighted by Crippen LogP contribution is -2.27. The number of nitrogens with two attached hydrogens (primary N) is 1. The summed E-state index contributed by atoms with van der Waals surface area (Å²) in [6, 6.07) is 3.06. The van der Waals surface area contributed by atoms with Gasteiger partial charge in [-0.2, -0.15) is 0 Å². The zero-order valence-corrected chi connectivity index (χ0v) is 8.69. The summed E-state index contributed by atoms with van der Waals surface area (Å²) in [6.45, 7) is -0.366. The van der Waals surface area contributed by atoms with E-state index in [4.69, 9.17) is 5.73 Å². The number of nitro benzene ring substituents is 1. The molecule has 0 saturated heterocycles. The molecule has 0 amide bonds. The number of non-ortho nitro benzene ring substituents is 1. The van der Waals surface area contributed by atoms with Gasteiger partial charge in [-0.25, -0.2) is 8.78 Å². The predicted molar refractivity (Wildman–Crippen MR) is 55.1 cm³/mol. The Hall–Kier alpha value is -1.76. The summed E-state index contributed by atoms with van der Waals surface area (Å²) < 4.78 is 26.6. The Kier molecular flexibility index (Phi) is 2.32. The van der Waals surface area contributed by atoms with Crippen LogP contribution >= 0.6 is 0 Å². The van der Waals surface area contributed by atoms with Crippen molar-refractivity contribution in [1.29, 1.82) is 0 Å². The number of aromatic hydroxyl groups is 1. The maximum Gasteiger partial charge on any atom is 0.269 e. The quantitative estimate of drug-likeness (QED) is 0.623. The van der Waals surface area contributed by atoms with Crippen LogP contribution in [0.1, 0.15) is 12.0 Å². The first-order valence-corrected chi connectivity index (χ1v) is 4.90. The van der Waals surface area contributed by atoms with Gasteiger partial charge in [0.05, 0.1) is 10.3 Å². The number of hydrogen-bond acceptors (Lipinski definition) is 4. The average molecular weight is 244 g/mol. The Morgan fingerprint density at radius 3 is 2.53 bits per heavy atom. The van der Waals surface area contributed by atoms with Crippen molar-refractivity contribution in [3.05, 3.63) is 33.9 Å². The molecule has 1 saturated carbocycles. The van der Waals surface area contributed by atoms with Crippen LogP contribution in [0, 0.1) is 10.1 Å². The van der Waals surface area contributed by atoms with E-state index in [1.165, 1.54) is 0 Å². The Bertz CT molecular complexity index is 492. The molecule has 0 aromatic heterocycles. The fraction of sp³-hybridized carbons (Fsp3) is 0.400. The monoisotopic (exact) mass is 244 g/mol. The fourth-order valence-electron chi connectivity index (χ4n) is 1.98. The number of rotatable bonds is 3. The van der Waals surface area contributed by atoms with Crippen LogP contribution in [0.4, 0.5) is 14.5 Å². The highest BCUT2D eigenvalue weighted by atomic mass is 19.3. The molecular formula is C10H10F2N2O3. The second kappa shape index (κ2) is 3.36. The molecular weight excluding hydrogens is 234 g/mol. The van der Waals surface area contributed by atoms with Gasteiger partial charge in [0.1, 0.15) is 5.75 Å². The first-order valence-electron chi connectivity index (χ1n) is 4.90. The number of nitro groups is 1. The number of phenolic OH excluding ortho intramolecular Hbond substituents is 1. The lowest BCUT2D eigenvalue weighted by atomic mass is 9.94. The Morgan fingerprint density at radius 1 is 1.53 bits per heavy atom. The summed E-state index contributed by atoms with van der Waals surface area (Å²) >= 11 is 0. The van der Waals surface area contributed by atoms with Gasteiger partial charge in [-0.1, -0.05) is 0 Å². The van der Waals surface area contributed by atoms with Crippen LogP contribution in [0.5, 0.6) is 5.75 Å². The molecule has 1 atom stereocenters. The van der Waals surface area contributed by atoms with Gasteiger partial charge in [0.25, 0.3) is 11.6 Å². The molecule has 0 bridgehead atoms. The summed E-state index contributed by atoms with van der Waals surface area (Å²) in [7, 11) is 0. The molecule has 1 aliphatic rings. The van der Waals surface area contributed by atoms with Crippen LogP contribution in [0.3, 0.4) is 0 Å². The van der Waals surface area contributed by atoms with Gasteiger partial charge in [-0.15, -0.1) is 0 Å². The molecule has 17 heavy (non-hydrogen) atoms. The molecule has 0 spiro atoms. The van der Waals surface area contributed by atoms with Gasteiger partial charge in [-0.3, -0.25) is 10.1 Å². The van der Waals surface area contributed by atoms with Gasteiger partial charge in [-0.05, 0) is 6.07 Å². The normalized spacial score (nSPS) is 25.6. The molecule has 0 heterocycles. The lowest BCUT2D eigenvalue weighted by molar-refractivity contribution is -0.385. The molecule has 7 heteroatoms. The van der Waals surface area contributed by atoms with Crippen molar-refractivity contribution in [3.63, 3.8) is 0 Å². The lowest BCUT2D eigenvalue weighted by Gasteiger charge is -2.15. The van der Waals surface area contributed by atoms with E-state index in [0.717, 1.165) is 18.2 Å². The molecule has 92 valence electrons. The van der Waals surface area contributed by atoms with Crippen LogP contribution in [-0.2, 0) is 5.41 Å². The fourth-order valence-corrected chi connectivity index (χ4v) is 1.98.